The molecule has 37 heavy (non-hydrogen) atoms. The van der Waals surface area contributed by atoms with Gasteiger partial charge in [0, 0.05) is 6.61 Å². The molecule has 1 rings (SSSR count). The number of hydrogen-bond donors (Lipinski definition) is 1. The first-order valence-corrected chi connectivity index (χ1v) is 16.0. The molecule has 214 valence electrons. The van der Waals surface area contributed by atoms with E-state index in [1.165, 1.54) is 96.3 Å². The summed E-state index contributed by atoms with van der Waals surface area (Å²) in [5.74, 6) is 0.390. The molecular formula is C30H52ClO5P. The van der Waals surface area contributed by atoms with E-state index in [9.17, 15) is 4.89 Å². The monoisotopic (exact) mass is 558 g/mol. The maximum Gasteiger partial charge on any atom is 0.394 e. The maximum atomic E-state index is 10.1. The highest BCUT2D eigenvalue weighted by Gasteiger charge is 2.16. The SMILES string of the molecule is C=CCOC(COCCCCCCCCCCCCCCCCCC)COP(O)Oc1ccccc1Cl. The van der Waals surface area contributed by atoms with Crippen LogP contribution in [0.1, 0.15) is 110 Å². The fourth-order valence-electron chi connectivity index (χ4n) is 4.09. The van der Waals surface area contributed by atoms with Gasteiger partial charge in [-0.05, 0) is 18.6 Å². The number of para-hydroxylation sites is 1. The van der Waals surface area contributed by atoms with Crippen LogP contribution in [0.15, 0.2) is 36.9 Å². The van der Waals surface area contributed by atoms with Crippen molar-refractivity contribution in [2.45, 2.75) is 116 Å². The maximum absolute atomic E-state index is 10.1. The minimum absolute atomic E-state index is 0.166. The highest BCUT2D eigenvalue weighted by atomic mass is 35.5. The molecule has 0 aromatic heterocycles. The predicted octanol–water partition coefficient (Wildman–Crippen LogP) is 9.80. The smallest absolute Gasteiger partial charge is 0.394 e. The summed E-state index contributed by atoms with van der Waals surface area (Å²) in [6, 6.07) is 6.96. The number of unbranched alkanes of at least 4 members (excludes halogenated alkanes) is 15. The van der Waals surface area contributed by atoms with Gasteiger partial charge in [0.15, 0.2) is 0 Å². The summed E-state index contributed by atoms with van der Waals surface area (Å²) in [6.07, 6.45) is 23.1. The summed E-state index contributed by atoms with van der Waals surface area (Å²) >= 11 is 6.05. The first-order valence-electron chi connectivity index (χ1n) is 14.5. The van der Waals surface area contributed by atoms with Crippen molar-refractivity contribution in [3.63, 3.8) is 0 Å². The molecule has 2 atom stereocenters. The van der Waals surface area contributed by atoms with Gasteiger partial charge in [0.25, 0.3) is 0 Å². The van der Waals surface area contributed by atoms with E-state index < -0.39 is 8.60 Å². The fraction of sp³-hybridized carbons (Fsp3) is 0.733. The van der Waals surface area contributed by atoms with Gasteiger partial charge < -0.3 is 18.9 Å². The second kappa shape index (κ2) is 25.6. The lowest BCUT2D eigenvalue weighted by Crippen LogP contribution is -2.25. The van der Waals surface area contributed by atoms with Crippen LogP contribution >= 0.6 is 20.2 Å². The molecule has 0 spiro atoms. The molecule has 1 N–H and O–H groups in total. The summed E-state index contributed by atoms with van der Waals surface area (Å²) in [5.41, 5.74) is 0. The van der Waals surface area contributed by atoms with Gasteiger partial charge in [-0.15, -0.1) is 6.58 Å². The lowest BCUT2D eigenvalue weighted by molar-refractivity contribution is -0.0294. The van der Waals surface area contributed by atoms with Crippen molar-refractivity contribution < 1.29 is 23.4 Å². The van der Waals surface area contributed by atoms with Crippen molar-refractivity contribution in [3.05, 3.63) is 41.9 Å². The summed E-state index contributed by atoms with van der Waals surface area (Å²) in [4.78, 5) is 10.1. The van der Waals surface area contributed by atoms with Crippen LogP contribution in [0.3, 0.4) is 0 Å². The Balaban J connectivity index is 1.96. The first kappa shape index (κ1) is 34.3. The van der Waals surface area contributed by atoms with Crippen LogP contribution in [-0.2, 0) is 14.0 Å². The molecule has 0 saturated carbocycles. The number of ether oxygens (including phenoxy) is 2. The van der Waals surface area contributed by atoms with Crippen molar-refractivity contribution in [2.75, 3.05) is 26.4 Å². The van der Waals surface area contributed by atoms with Gasteiger partial charge >= 0.3 is 8.60 Å². The molecule has 0 bridgehead atoms. The molecule has 0 aliphatic heterocycles. The van der Waals surface area contributed by atoms with Gasteiger partial charge in [0.1, 0.15) is 11.9 Å². The van der Waals surface area contributed by atoms with E-state index in [0.717, 1.165) is 6.42 Å². The Morgan fingerprint density at radius 3 is 1.92 bits per heavy atom. The Morgan fingerprint density at radius 2 is 1.38 bits per heavy atom. The van der Waals surface area contributed by atoms with E-state index in [2.05, 4.69) is 13.5 Å². The molecule has 7 heteroatoms. The minimum Gasteiger partial charge on any atom is -0.425 e. The lowest BCUT2D eigenvalue weighted by atomic mass is 10.0. The van der Waals surface area contributed by atoms with Crippen molar-refractivity contribution >= 4 is 20.2 Å². The van der Waals surface area contributed by atoms with Crippen molar-refractivity contribution in [2.24, 2.45) is 0 Å². The van der Waals surface area contributed by atoms with Gasteiger partial charge in [-0.25, -0.2) is 0 Å². The number of hydrogen-bond acceptors (Lipinski definition) is 5. The van der Waals surface area contributed by atoms with Crippen molar-refractivity contribution in [3.8, 4) is 5.75 Å². The molecule has 1 aromatic carbocycles. The average Bonchev–Trinajstić information content (AvgIpc) is 2.90. The van der Waals surface area contributed by atoms with E-state index in [4.69, 9.17) is 30.1 Å². The first-order chi connectivity index (χ1) is 18.2. The third-order valence-corrected chi connectivity index (χ3v) is 7.31. The van der Waals surface area contributed by atoms with E-state index >= 15 is 0 Å². The molecule has 0 radical (unpaired) electrons. The molecule has 0 aliphatic carbocycles. The summed E-state index contributed by atoms with van der Waals surface area (Å²) in [6.45, 7) is 7.64. The summed E-state index contributed by atoms with van der Waals surface area (Å²) < 4.78 is 22.3. The fourth-order valence-corrected chi connectivity index (χ4v) is 4.99. The second-order valence-corrected chi connectivity index (χ2v) is 11.0. The van der Waals surface area contributed by atoms with Crippen molar-refractivity contribution in [1.29, 1.82) is 0 Å². The standard InChI is InChI=1S/C30H52ClO5P/c1-3-5-6-7-8-9-10-11-12-13-14-15-16-17-18-21-25-33-26-28(34-24-4-2)27-35-37(32)36-30-23-20-19-22-29(30)31/h4,19-20,22-23,28,32H,2-3,5-18,21,24-27H2,1H3. The van der Waals surface area contributed by atoms with E-state index in [0.29, 0.717) is 30.6 Å². The van der Waals surface area contributed by atoms with Gasteiger partial charge in [0.05, 0.1) is 24.8 Å². The van der Waals surface area contributed by atoms with Crippen LogP contribution in [0.4, 0.5) is 0 Å². The number of rotatable bonds is 27. The minimum atomic E-state index is -2.11. The van der Waals surface area contributed by atoms with Crippen LogP contribution in [0.2, 0.25) is 5.02 Å². The van der Waals surface area contributed by atoms with Gasteiger partial charge in [-0.1, -0.05) is 133 Å². The predicted molar refractivity (Wildman–Crippen MR) is 157 cm³/mol. The zero-order valence-electron chi connectivity index (χ0n) is 23.2. The van der Waals surface area contributed by atoms with E-state index in [1.807, 2.05) is 0 Å². The zero-order valence-corrected chi connectivity index (χ0v) is 24.9. The van der Waals surface area contributed by atoms with Gasteiger partial charge in [0.2, 0.25) is 0 Å². The molecule has 0 saturated heterocycles. The van der Waals surface area contributed by atoms with Crippen LogP contribution in [0.25, 0.3) is 0 Å². The van der Waals surface area contributed by atoms with E-state index in [-0.39, 0.29) is 12.7 Å². The molecule has 5 nitrogen and oxygen atoms in total. The molecule has 0 aliphatic rings. The number of halogens is 1. The van der Waals surface area contributed by atoms with Crippen LogP contribution in [0, 0.1) is 0 Å². The van der Waals surface area contributed by atoms with Gasteiger partial charge in [-0.2, -0.15) is 0 Å². The molecular weight excluding hydrogens is 507 g/mol. The molecule has 0 fully saturated rings. The third-order valence-electron chi connectivity index (χ3n) is 6.28. The Labute approximate surface area is 233 Å². The normalized spacial score (nSPS) is 12.9. The van der Waals surface area contributed by atoms with Crippen LogP contribution < -0.4 is 4.52 Å². The summed E-state index contributed by atoms with van der Waals surface area (Å²) in [7, 11) is -2.11. The summed E-state index contributed by atoms with van der Waals surface area (Å²) in [5, 5.41) is 0.425. The molecule has 1 aromatic rings. The lowest BCUT2D eigenvalue weighted by Gasteiger charge is -2.19. The third kappa shape index (κ3) is 20.9. The average molecular weight is 559 g/mol. The largest absolute Gasteiger partial charge is 0.425 e. The molecule has 2 unspecified atom stereocenters. The van der Waals surface area contributed by atoms with E-state index in [1.54, 1.807) is 30.3 Å². The molecule has 0 heterocycles. The second-order valence-electron chi connectivity index (χ2n) is 9.68. The quantitative estimate of drug-likeness (QED) is 0.0661. The van der Waals surface area contributed by atoms with Crippen molar-refractivity contribution in [1.82, 2.24) is 0 Å². The Bertz CT molecular complexity index is 648. The van der Waals surface area contributed by atoms with Gasteiger partial charge in [-0.3, -0.25) is 4.52 Å². The zero-order chi connectivity index (χ0) is 26.8. The molecule has 0 amide bonds. The Kier molecular flexibility index (Phi) is 23.8. The van der Waals surface area contributed by atoms with Crippen LogP contribution in [0.5, 0.6) is 5.75 Å². The van der Waals surface area contributed by atoms with Crippen LogP contribution in [-0.4, -0.2) is 37.4 Å². The highest BCUT2D eigenvalue weighted by Crippen LogP contribution is 2.38. The Hall–Kier alpha value is -0.680. The Morgan fingerprint density at radius 1 is 0.838 bits per heavy atom. The highest BCUT2D eigenvalue weighted by molar-refractivity contribution is 7.41. The number of benzene rings is 1. The topological polar surface area (TPSA) is 57.2 Å².